The molecule has 1 N–H and O–H groups in total. The molecule has 2 amide bonds. The summed E-state index contributed by atoms with van der Waals surface area (Å²) in [7, 11) is 0. The van der Waals surface area contributed by atoms with E-state index in [1.807, 2.05) is 30.3 Å². The molecule has 0 bridgehead atoms. The highest BCUT2D eigenvalue weighted by Gasteiger charge is 2.26. The number of hydrogen-bond donors (Lipinski definition) is 1. The number of halogens is 1. The van der Waals surface area contributed by atoms with Gasteiger partial charge in [-0.2, -0.15) is 0 Å². The van der Waals surface area contributed by atoms with E-state index in [2.05, 4.69) is 10.2 Å². The van der Waals surface area contributed by atoms with E-state index in [9.17, 15) is 19.7 Å². The van der Waals surface area contributed by atoms with Gasteiger partial charge in [0.15, 0.2) is 0 Å². The molecule has 0 aliphatic carbocycles. The number of hydrogen-bond acceptors (Lipinski definition) is 5. The van der Waals surface area contributed by atoms with Crippen molar-refractivity contribution in [1.82, 2.24) is 4.90 Å². The zero-order valence-electron chi connectivity index (χ0n) is 17.6. The normalized spacial score (nSPS) is 13.5. The summed E-state index contributed by atoms with van der Waals surface area (Å²) in [6.45, 7) is 2.47. The maximum absolute atomic E-state index is 13.2. The van der Waals surface area contributed by atoms with Gasteiger partial charge in [0.05, 0.1) is 16.2 Å². The molecule has 168 valence electrons. The Balaban J connectivity index is 1.50. The number of nitrogens with zero attached hydrogens (tertiary/aromatic N) is 3. The fraction of sp³-hybridized carbons (Fsp3) is 0.167. The highest BCUT2D eigenvalue weighted by atomic mass is 35.5. The predicted molar refractivity (Wildman–Crippen MR) is 127 cm³/mol. The van der Waals surface area contributed by atoms with Crippen LogP contribution in [0.1, 0.15) is 20.7 Å². The number of anilines is 2. The summed E-state index contributed by atoms with van der Waals surface area (Å²) in [6, 6.07) is 20.5. The van der Waals surface area contributed by atoms with Crippen molar-refractivity contribution in [2.24, 2.45) is 0 Å². The van der Waals surface area contributed by atoms with E-state index >= 15 is 0 Å². The van der Waals surface area contributed by atoms with E-state index in [-0.39, 0.29) is 16.5 Å². The number of nitrogens with one attached hydrogen (secondary N) is 1. The second kappa shape index (κ2) is 9.70. The third-order valence-corrected chi connectivity index (χ3v) is 5.73. The summed E-state index contributed by atoms with van der Waals surface area (Å²) in [5.74, 6) is -0.892. The second-order valence-electron chi connectivity index (χ2n) is 7.53. The lowest BCUT2D eigenvalue weighted by atomic mass is 10.1. The Hall–Kier alpha value is -3.91. The molecular weight excluding hydrogens is 444 g/mol. The molecule has 8 nitrogen and oxygen atoms in total. The number of nitro benzene ring substituents is 1. The molecule has 1 aliphatic heterocycles. The Labute approximate surface area is 195 Å². The van der Waals surface area contributed by atoms with Crippen molar-refractivity contribution in [3.05, 3.63) is 99.1 Å². The number of piperazine rings is 1. The lowest BCUT2D eigenvalue weighted by Crippen LogP contribution is -2.48. The minimum absolute atomic E-state index is 0.136. The first-order valence-corrected chi connectivity index (χ1v) is 10.8. The molecule has 33 heavy (non-hydrogen) atoms. The van der Waals surface area contributed by atoms with Crippen molar-refractivity contribution in [3.63, 3.8) is 0 Å². The van der Waals surface area contributed by atoms with Gasteiger partial charge in [0.25, 0.3) is 17.5 Å². The summed E-state index contributed by atoms with van der Waals surface area (Å²) < 4.78 is 0. The maximum Gasteiger partial charge on any atom is 0.283 e. The molecule has 0 atom stereocenters. The van der Waals surface area contributed by atoms with Gasteiger partial charge in [0.2, 0.25) is 0 Å². The van der Waals surface area contributed by atoms with Gasteiger partial charge in [-0.25, -0.2) is 0 Å². The van der Waals surface area contributed by atoms with Gasteiger partial charge >= 0.3 is 0 Å². The van der Waals surface area contributed by atoms with Crippen LogP contribution in [0.15, 0.2) is 72.8 Å². The molecular formula is C24H21ClN4O4. The van der Waals surface area contributed by atoms with Crippen LogP contribution in [0.25, 0.3) is 0 Å². The lowest BCUT2D eigenvalue weighted by Gasteiger charge is -2.36. The zero-order chi connectivity index (χ0) is 23.4. The zero-order valence-corrected chi connectivity index (χ0v) is 18.4. The first-order chi connectivity index (χ1) is 15.9. The van der Waals surface area contributed by atoms with Crippen LogP contribution in [-0.4, -0.2) is 47.8 Å². The lowest BCUT2D eigenvalue weighted by molar-refractivity contribution is -0.385. The topological polar surface area (TPSA) is 95.8 Å². The first-order valence-electron chi connectivity index (χ1n) is 10.4. The quantitative estimate of drug-likeness (QED) is 0.444. The van der Waals surface area contributed by atoms with E-state index in [4.69, 9.17) is 11.6 Å². The molecule has 1 saturated heterocycles. The van der Waals surface area contributed by atoms with Crippen molar-refractivity contribution in [3.8, 4) is 0 Å². The Morgan fingerprint density at radius 1 is 0.879 bits per heavy atom. The van der Waals surface area contributed by atoms with Crippen LogP contribution >= 0.6 is 11.6 Å². The van der Waals surface area contributed by atoms with Crippen LogP contribution in [0.3, 0.4) is 0 Å². The van der Waals surface area contributed by atoms with Gasteiger partial charge in [-0.05, 0) is 36.4 Å². The summed E-state index contributed by atoms with van der Waals surface area (Å²) in [5, 5.41) is 14.2. The first kappa shape index (κ1) is 22.3. The van der Waals surface area contributed by atoms with Gasteiger partial charge in [-0.3, -0.25) is 19.7 Å². The second-order valence-corrected chi connectivity index (χ2v) is 7.97. The van der Waals surface area contributed by atoms with Crippen molar-refractivity contribution in [1.29, 1.82) is 0 Å². The molecule has 1 heterocycles. The van der Waals surface area contributed by atoms with Crippen LogP contribution < -0.4 is 10.2 Å². The SMILES string of the molecule is O=C(Nc1ccccc1C(=O)N1CCN(c2ccccc2)CC1)c1ccc(Cl)cc1[N+](=O)[O-]. The standard InChI is InChI=1S/C24H21ClN4O4/c25-17-10-11-20(22(16-17)29(32)33)23(30)26-21-9-5-4-8-19(21)24(31)28-14-12-27(13-15-28)18-6-2-1-3-7-18/h1-11,16H,12-15H2,(H,26,30). The van der Waals surface area contributed by atoms with Crippen LogP contribution in [0.2, 0.25) is 5.02 Å². The molecule has 0 saturated carbocycles. The van der Waals surface area contributed by atoms with Gasteiger partial charge in [-0.1, -0.05) is 41.9 Å². The van der Waals surface area contributed by atoms with E-state index < -0.39 is 16.5 Å². The predicted octanol–water partition coefficient (Wildman–Crippen LogP) is 4.46. The van der Waals surface area contributed by atoms with E-state index in [1.165, 1.54) is 12.1 Å². The summed E-state index contributed by atoms with van der Waals surface area (Å²) in [4.78, 5) is 40.7. The van der Waals surface area contributed by atoms with E-state index in [0.29, 0.717) is 37.4 Å². The van der Waals surface area contributed by atoms with E-state index in [0.717, 1.165) is 11.8 Å². The molecule has 3 aromatic carbocycles. The van der Waals surface area contributed by atoms with Crippen molar-refractivity contribution < 1.29 is 14.5 Å². The average molecular weight is 465 g/mol. The number of carbonyl (C=O) groups is 2. The third-order valence-electron chi connectivity index (χ3n) is 5.49. The molecule has 0 aromatic heterocycles. The highest BCUT2D eigenvalue weighted by molar-refractivity contribution is 6.31. The number of nitro groups is 1. The number of amides is 2. The smallest absolute Gasteiger partial charge is 0.283 e. The molecule has 0 unspecified atom stereocenters. The Bertz CT molecular complexity index is 1190. The van der Waals surface area contributed by atoms with Crippen LogP contribution in [0.4, 0.5) is 17.1 Å². The molecule has 1 aliphatic rings. The summed E-state index contributed by atoms with van der Waals surface area (Å²) >= 11 is 5.84. The average Bonchev–Trinajstić information content (AvgIpc) is 2.84. The van der Waals surface area contributed by atoms with Crippen molar-refractivity contribution in [2.45, 2.75) is 0 Å². The summed E-state index contributed by atoms with van der Waals surface area (Å²) in [5.41, 5.74) is 1.20. The number of carbonyl (C=O) groups excluding carboxylic acids is 2. The third kappa shape index (κ3) is 4.96. The van der Waals surface area contributed by atoms with Gasteiger partial charge in [-0.15, -0.1) is 0 Å². The largest absolute Gasteiger partial charge is 0.368 e. The molecule has 1 fully saturated rings. The fourth-order valence-electron chi connectivity index (χ4n) is 3.79. The monoisotopic (exact) mass is 464 g/mol. The minimum atomic E-state index is -0.687. The van der Waals surface area contributed by atoms with E-state index in [1.54, 1.807) is 29.2 Å². The van der Waals surface area contributed by atoms with Gasteiger partial charge < -0.3 is 15.1 Å². The van der Waals surface area contributed by atoms with Crippen LogP contribution in [0.5, 0.6) is 0 Å². The fourth-order valence-corrected chi connectivity index (χ4v) is 3.96. The minimum Gasteiger partial charge on any atom is -0.368 e. The molecule has 4 rings (SSSR count). The maximum atomic E-state index is 13.2. The molecule has 0 spiro atoms. The molecule has 0 radical (unpaired) electrons. The van der Waals surface area contributed by atoms with Crippen molar-refractivity contribution >= 4 is 40.5 Å². The number of rotatable bonds is 5. The number of para-hydroxylation sites is 2. The van der Waals surface area contributed by atoms with Gasteiger partial charge in [0.1, 0.15) is 5.56 Å². The number of benzene rings is 3. The van der Waals surface area contributed by atoms with Crippen molar-refractivity contribution in [2.75, 3.05) is 36.4 Å². The molecule has 9 heteroatoms. The Kier molecular flexibility index (Phi) is 6.55. The van der Waals surface area contributed by atoms with Gasteiger partial charge in [0, 0.05) is 43.0 Å². The highest BCUT2D eigenvalue weighted by Crippen LogP contribution is 2.26. The Morgan fingerprint density at radius 2 is 1.55 bits per heavy atom. The van der Waals surface area contributed by atoms with Crippen LogP contribution in [-0.2, 0) is 0 Å². The molecule has 3 aromatic rings. The Morgan fingerprint density at radius 3 is 2.24 bits per heavy atom. The van der Waals surface area contributed by atoms with Crippen LogP contribution in [0, 0.1) is 10.1 Å². The summed E-state index contributed by atoms with van der Waals surface area (Å²) in [6.07, 6.45) is 0.